The Morgan fingerprint density at radius 1 is 1.07 bits per heavy atom. The minimum atomic E-state index is -0.256. The van der Waals surface area contributed by atoms with Gasteiger partial charge in [-0.2, -0.15) is 0 Å². The number of anilines is 1. The molecule has 0 saturated carbocycles. The molecule has 140 valence electrons. The first-order chi connectivity index (χ1) is 13.6. The predicted octanol–water partition coefficient (Wildman–Crippen LogP) is 4.67. The number of fused-ring (bicyclic) bond motifs is 1. The van der Waals surface area contributed by atoms with Crippen molar-refractivity contribution in [3.05, 3.63) is 77.4 Å². The maximum Gasteiger partial charge on any atom is 0.276 e. The standard InChI is InChI=1S/C22H20N4OS/c1-26(2)14-15-6-8-16(9-7-15)18-5-3-4-17-10-11-19(24-20(17)18)21(27)25-22-23-12-13-28-22/h3-13H,14H2,1-2H3,(H,23,25,27). The third-order valence-corrected chi connectivity index (χ3v) is 5.06. The number of nitrogens with zero attached hydrogens (tertiary/aromatic N) is 3. The summed E-state index contributed by atoms with van der Waals surface area (Å²) in [5.74, 6) is -0.256. The van der Waals surface area contributed by atoms with E-state index in [1.54, 1.807) is 12.3 Å². The summed E-state index contributed by atoms with van der Waals surface area (Å²) in [7, 11) is 4.11. The fraction of sp³-hybridized carbons (Fsp3) is 0.136. The number of benzene rings is 2. The summed E-state index contributed by atoms with van der Waals surface area (Å²) in [6.07, 6.45) is 1.66. The lowest BCUT2D eigenvalue weighted by molar-refractivity contribution is 0.102. The molecular weight excluding hydrogens is 368 g/mol. The summed E-state index contributed by atoms with van der Waals surface area (Å²) in [5, 5.41) is 6.18. The number of pyridine rings is 1. The molecule has 0 spiro atoms. The molecule has 0 radical (unpaired) electrons. The minimum Gasteiger partial charge on any atom is -0.305 e. The van der Waals surface area contributed by atoms with Crippen LogP contribution in [0.15, 0.2) is 66.2 Å². The number of thiazole rings is 1. The summed E-state index contributed by atoms with van der Waals surface area (Å²) in [4.78, 5) is 23.4. The van der Waals surface area contributed by atoms with Crippen LogP contribution < -0.4 is 5.32 Å². The molecule has 0 fully saturated rings. The van der Waals surface area contributed by atoms with Crippen LogP contribution in [0.5, 0.6) is 0 Å². The fourth-order valence-electron chi connectivity index (χ4n) is 3.11. The van der Waals surface area contributed by atoms with Crippen LogP contribution in [-0.4, -0.2) is 34.9 Å². The van der Waals surface area contributed by atoms with E-state index in [1.807, 2.05) is 29.6 Å². The van der Waals surface area contributed by atoms with E-state index in [2.05, 4.69) is 58.5 Å². The van der Waals surface area contributed by atoms with Crippen molar-refractivity contribution in [1.82, 2.24) is 14.9 Å². The van der Waals surface area contributed by atoms with Crippen LogP contribution in [0.25, 0.3) is 22.0 Å². The van der Waals surface area contributed by atoms with Crippen molar-refractivity contribution < 1.29 is 4.79 Å². The van der Waals surface area contributed by atoms with Gasteiger partial charge in [-0.05, 0) is 31.3 Å². The van der Waals surface area contributed by atoms with Crippen LogP contribution in [-0.2, 0) is 6.54 Å². The molecule has 0 saturated heterocycles. The maximum absolute atomic E-state index is 12.5. The number of para-hydroxylation sites is 1. The number of nitrogens with one attached hydrogen (secondary N) is 1. The van der Waals surface area contributed by atoms with Gasteiger partial charge in [0.15, 0.2) is 5.13 Å². The SMILES string of the molecule is CN(C)Cc1ccc(-c2cccc3ccc(C(=O)Nc4nccs4)nc23)cc1. The Bertz CT molecular complexity index is 1110. The van der Waals surface area contributed by atoms with Crippen LogP contribution in [0.2, 0.25) is 0 Å². The van der Waals surface area contributed by atoms with Crippen molar-refractivity contribution in [3.8, 4) is 11.1 Å². The Balaban J connectivity index is 1.69. The lowest BCUT2D eigenvalue weighted by Crippen LogP contribution is -2.13. The number of carbonyl (C=O) groups excluding carboxylic acids is 1. The number of hydrogen-bond donors (Lipinski definition) is 1. The smallest absolute Gasteiger partial charge is 0.276 e. The van der Waals surface area contributed by atoms with Gasteiger partial charge in [-0.1, -0.05) is 48.5 Å². The Morgan fingerprint density at radius 2 is 1.89 bits per heavy atom. The number of amides is 1. The molecule has 28 heavy (non-hydrogen) atoms. The second kappa shape index (κ2) is 7.88. The average molecular weight is 388 g/mol. The quantitative estimate of drug-likeness (QED) is 0.540. The number of hydrogen-bond acceptors (Lipinski definition) is 5. The second-order valence-corrected chi connectivity index (χ2v) is 7.69. The number of aromatic nitrogens is 2. The largest absolute Gasteiger partial charge is 0.305 e. The van der Waals surface area contributed by atoms with E-state index in [-0.39, 0.29) is 5.91 Å². The molecule has 2 aromatic carbocycles. The molecular formula is C22H20N4OS. The molecule has 0 aliphatic carbocycles. The highest BCUT2D eigenvalue weighted by Crippen LogP contribution is 2.28. The second-order valence-electron chi connectivity index (χ2n) is 6.80. The maximum atomic E-state index is 12.5. The summed E-state index contributed by atoms with van der Waals surface area (Å²) >= 11 is 1.38. The summed E-state index contributed by atoms with van der Waals surface area (Å²) < 4.78 is 0. The van der Waals surface area contributed by atoms with Crippen molar-refractivity contribution in [3.63, 3.8) is 0 Å². The van der Waals surface area contributed by atoms with E-state index in [1.165, 1.54) is 16.9 Å². The zero-order valence-electron chi connectivity index (χ0n) is 15.7. The van der Waals surface area contributed by atoms with Crippen molar-refractivity contribution >= 4 is 33.3 Å². The molecule has 1 amide bonds. The van der Waals surface area contributed by atoms with Gasteiger partial charge >= 0.3 is 0 Å². The van der Waals surface area contributed by atoms with Crippen LogP contribution in [0, 0.1) is 0 Å². The van der Waals surface area contributed by atoms with E-state index in [0.29, 0.717) is 10.8 Å². The van der Waals surface area contributed by atoms with Gasteiger partial charge in [0.1, 0.15) is 5.69 Å². The summed E-state index contributed by atoms with van der Waals surface area (Å²) in [6, 6.07) is 18.2. The molecule has 0 aliphatic heterocycles. The number of carbonyl (C=O) groups is 1. The van der Waals surface area contributed by atoms with E-state index in [0.717, 1.165) is 28.6 Å². The molecule has 0 unspecified atom stereocenters. The van der Waals surface area contributed by atoms with Crippen LogP contribution >= 0.6 is 11.3 Å². The first-order valence-electron chi connectivity index (χ1n) is 8.95. The third kappa shape index (κ3) is 3.93. The van der Waals surface area contributed by atoms with Crippen molar-refractivity contribution in [2.75, 3.05) is 19.4 Å². The predicted molar refractivity (Wildman–Crippen MR) is 115 cm³/mol. The Hall–Kier alpha value is -3.09. The lowest BCUT2D eigenvalue weighted by atomic mass is 10.0. The van der Waals surface area contributed by atoms with Gasteiger partial charge in [-0.3, -0.25) is 10.1 Å². The van der Waals surface area contributed by atoms with Gasteiger partial charge < -0.3 is 4.90 Å². The molecule has 0 aliphatic rings. The van der Waals surface area contributed by atoms with Crippen molar-refractivity contribution in [2.45, 2.75) is 6.54 Å². The molecule has 0 atom stereocenters. The summed E-state index contributed by atoms with van der Waals surface area (Å²) in [6.45, 7) is 0.898. The third-order valence-electron chi connectivity index (χ3n) is 4.37. The highest BCUT2D eigenvalue weighted by molar-refractivity contribution is 7.13. The fourth-order valence-corrected chi connectivity index (χ4v) is 3.63. The van der Waals surface area contributed by atoms with E-state index >= 15 is 0 Å². The van der Waals surface area contributed by atoms with Crippen molar-refractivity contribution in [1.29, 1.82) is 0 Å². The zero-order valence-corrected chi connectivity index (χ0v) is 16.5. The monoisotopic (exact) mass is 388 g/mol. The molecule has 5 nitrogen and oxygen atoms in total. The molecule has 0 bridgehead atoms. The first-order valence-corrected chi connectivity index (χ1v) is 9.83. The van der Waals surface area contributed by atoms with Crippen LogP contribution in [0.1, 0.15) is 16.1 Å². The molecule has 4 rings (SSSR count). The number of rotatable bonds is 5. The molecule has 1 N–H and O–H groups in total. The molecule has 6 heteroatoms. The van der Waals surface area contributed by atoms with Crippen LogP contribution in [0.3, 0.4) is 0 Å². The Labute approximate surface area is 167 Å². The van der Waals surface area contributed by atoms with Crippen LogP contribution in [0.4, 0.5) is 5.13 Å². The molecule has 4 aromatic rings. The summed E-state index contributed by atoms with van der Waals surface area (Å²) in [5.41, 5.74) is 4.54. The van der Waals surface area contributed by atoms with Gasteiger partial charge in [0.05, 0.1) is 5.52 Å². The van der Waals surface area contributed by atoms with Crippen molar-refractivity contribution in [2.24, 2.45) is 0 Å². The van der Waals surface area contributed by atoms with E-state index in [4.69, 9.17) is 0 Å². The average Bonchev–Trinajstić information content (AvgIpc) is 3.20. The normalized spacial score (nSPS) is 11.1. The Kier molecular flexibility index (Phi) is 5.14. The van der Waals surface area contributed by atoms with E-state index in [9.17, 15) is 4.79 Å². The Morgan fingerprint density at radius 3 is 2.61 bits per heavy atom. The van der Waals surface area contributed by atoms with Gasteiger partial charge in [-0.25, -0.2) is 9.97 Å². The van der Waals surface area contributed by atoms with Gasteiger partial charge in [-0.15, -0.1) is 11.3 Å². The highest BCUT2D eigenvalue weighted by Gasteiger charge is 2.12. The van der Waals surface area contributed by atoms with Gasteiger partial charge in [0, 0.05) is 29.1 Å². The first kappa shape index (κ1) is 18.3. The van der Waals surface area contributed by atoms with E-state index < -0.39 is 0 Å². The lowest BCUT2D eigenvalue weighted by Gasteiger charge is -2.11. The zero-order chi connectivity index (χ0) is 19.5. The van der Waals surface area contributed by atoms with Gasteiger partial charge in [0.2, 0.25) is 0 Å². The highest BCUT2D eigenvalue weighted by atomic mass is 32.1. The molecule has 2 heterocycles. The molecule has 2 aromatic heterocycles. The van der Waals surface area contributed by atoms with Gasteiger partial charge in [0.25, 0.3) is 5.91 Å². The minimum absolute atomic E-state index is 0.256. The topological polar surface area (TPSA) is 58.1 Å².